The minimum absolute atomic E-state index is 0.0552. The summed E-state index contributed by atoms with van der Waals surface area (Å²) in [5, 5.41) is 10.2. The first kappa shape index (κ1) is 16.1. The zero-order valence-corrected chi connectivity index (χ0v) is 13.9. The lowest BCUT2D eigenvalue weighted by Gasteiger charge is -2.06. The number of benzene rings is 1. The van der Waals surface area contributed by atoms with E-state index in [2.05, 4.69) is 9.98 Å². The van der Waals surface area contributed by atoms with Crippen molar-refractivity contribution in [1.29, 1.82) is 0 Å². The summed E-state index contributed by atoms with van der Waals surface area (Å²) in [4.78, 5) is 23.0. The van der Waals surface area contributed by atoms with Crippen LogP contribution in [0.1, 0.15) is 5.56 Å². The van der Waals surface area contributed by atoms with Crippen LogP contribution in [0.3, 0.4) is 0 Å². The predicted molar refractivity (Wildman–Crippen MR) is 94.3 cm³/mol. The van der Waals surface area contributed by atoms with E-state index < -0.39 is 0 Å². The fraction of sp³-hybridized carbons (Fsp3) is 0.118. The third-order valence-electron chi connectivity index (χ3n) is 3.36. The van der Waals surface area contributed by atoms with Crippen LogP contribution in [0.4, 0.5) is 5.82 Å². The minimum Gasteiger partial charge on any atom is -0.504 e. The van der Waals surface area contributed by atoms with Gasteiger partial charge in [-0.05, 0) is 47.7 Å². The highest BCUT2D eigenvalue weighted by Crippen LogP contribution is 2.34. The van der Waals surface area contributed by atoms with Crippen LogP contribution in [0.25, 0.3) is 6.08 Å². The number of carbonyl (C=O) groups excluding carboxylic acids is 1. The van der Waals surface area contributed by atoms with Gasteiger partial charge in [0.15, 0.2) is 22.5 Å². The number of likely N-dealkylation sites (N-methyl/N-ethyl adjacent to an activating group) is 1. The molecule has 0 aliphatic carbocycles. The molecular weight excluding hydrogens is 326 g/mol. The van der Waals surface area contributed by atoms with E-state index in [9.17, 15) is 9.90 Å². The molecular formula is C17H15N3O3S. The molecule has 7 heteroatoms. The molecule has 1 aromatic carbocycles. The Labute approximate surface area is 143 Å². The molecule has 1 saturated heterocycles. The number of phenols is 1. The highest BCUT2D eigenvalue weighted by atomic mass is 32.2. The molecule has 0 atom stereocenters. The van der Waals surface area contributed by atoms with E-state index >= 15 is 0 Å². The first-order valence-electron chi connectivity index (χ1n) is 7.13. The summed E-state index contributed by atoms with van der Waals surface area (Å²) in [6.07, 6.45) is 3.40. The number of hydrogen-bond acceptors (Lipinski definition) is 6. The van der Waals surface area contributed by atoms with Gasteiger partial charge in [-0.1, -0.05) is 12.1 Å². The number of methoxy groups -OCH3 is 1. The molecule has 122 valence electrons. The van der Waals surface area contributed by atoms with Crippen molar-refractivity contribution in [3.05, 3.63) is 53.1 Å². The van der Waals surface area contributed by atoms with Crippen LogP contribution < -0.4 is 4.74 Å². The van der Waals surface area contributed by atoms with Gasteiger partial charge in [0, 0.05) is 13.2 Å². The maximum absolute atomic E-state index is 12.4. The van der Waals surface area contributed by atoms with Crippen molar-refractivity contribution in [2.45, 2.75) is 0 Å². The van der Waals surface area contributed by atoms with E-state index in [4.69, 9.17) is 4.74 Å². The minimum atomic E-state index is -0.137. The third kappa shape index (κ3) is 3.26. The van der Waals surface area contributed by atoms with Crippen molar-refractivity contribution < 1.29 is 14.6 Å². The van der Waals surface area contributed by atoms with Crippen LogP contribution in [-0.2, 0) is 4.79 Å². The summed E-state index contributed by atoms with van der Waals surface area (Å²) in [5.41, 5.74) is 0.757. The van der Waals surface area contributed by atoms with Gasteiger partial charge in [-0.15, -0.1) is 0 Å². The number of thioether (sulfide) groups is 1. The Morgan fingerprint density at radius 3 is 2.88 bits per heavy atom. The number of aromatic hydroxyl groups is 1. The maximum Gasteiger partial charge on any atom is 0.266 e. The van der Waals surface area contributed by atoms with Gasteiger partial charge in [0.1, 0.15) is 0 Å². The Hall–Kier alpha value is -2.80. The molecule has 1 amide bonds. The van der Waals surface area contributed by atoms with Crippen LogP contribution in [-0.4, -0.2) is 40.2 Å². The van der Waals surface area contributed by atoms with Crippen LogP contribution >= 0.6 is 11.8 Å². The van der Waals surface area contributed by atoms with Crippen molar-refractivity contribution >= 4 is 34.7 Å². The second-order valence-electron chi connectivity index (χ2n) is 4.99. The van der Waals surface area contributed by atoms with Gasteiger partial charge < -0.3 is 9.84 Å². The van der Waals surface area contributed by atoms with E-state index in [1.54, 1.807) is 37.5 Å². The van der Waals surface area contributed by atoms with Crippen molar-refractivity contribution in [2.24, 2.45) is 4.99 Å². The number of rotatable bonds is 3. The number of pyridine rings is 1. The standard InChI is InChI=1S/C17H15N3O3S/c1-20-16(22)14(10-11-6-7-12(21)13(9-11)23-2)24-17(20)19-15-5-3-4-8-18-15/h3-10,21H,1-2H3/b14-10-,19-17+. The normalized spacial score (nSPS) is 17.8. The van der Waals surface area contributed by atoms with Crippen molar-refractivity contribution in [3.8, 4) is 11.5 Å². The van der Waals surface area contributed by atoms with Gasteiger partial charge in [-0.25, -0.2) is 9.98 Å². The summed E-state index contributed by atoms with van der Waals surface area (Å²) >= 11 is 1.28. The predicted octanol–water partition coefficient (Wildman–Crippen LogP) is 3.03. The molecule has 24 heavy (non-hydrogen) atoms. The average Bonchev–Trinajstić information content (AvgIpc) is 2.85. The number of nitrogens with zero attached hydrogens (tertiary/aromatic N) is 3. The van der Waals surface area contributed by atoms with Gasteiger partial charge >= 0.3 is 0 Å². The molecule has 0 bridgehead atoms. The quantitative estimate of drug-likeness (QED) is 0.869. The van der Waals surface area contributed by atoms with Crippen molar-refractivity contribution in [1.82, 2.24) is 9.88 Å². The molecule has 1 N–H and O–H groups in total. The molecule has 2 heterocycles. The monoisotopic (exact) mass is 341 g/mol. The molecule has 1 fully saturated rings. The Bertz CT molecular complexity index is 834. The highest BCUT2D eigenvalue weighted by Gasteiger charge is 2.30. The number of amides is 1. The topological polar surface area (TPSA) is 75.0 Å². The molecule has 1 aliphatic rings. The zero-order valence-electron chi connectivity index (χ0n) is 13.1. The molecule has 0 saturated carbocycles. The highest BCUT2D eigenvalue weighted by molar-refractivity contribution is 8.18. The van der Waals surface area contributed by atoms with Gasteiger partial charge in [-0.3, -0.25) is 9.69 Å². The number of ether oxygens (including phenoxy) is 1. The van der Waals surface area contributed by atoms with Gasteiger partial charge in [0.2, 0.25) is 0 Å². The van der Waals surface area contributed by atoms with Crippen LogP contribution in [0.15, 0.2) is 52.5 Å². The van der Waals surface area contributed by atoms with Crippen molar-refractivity contribution in [2.75, 3.05) is 14.2 Å². The molecule has 0 unspecified atom stereocenters. The fourth-order valence-corrected chi connectivity index (χ4v) is 3.08. The van der Waals surface area contributed by atoms with Crippen LogP contribution in [0.2, 0.25) is 0 Å². The Kier molecular flexibility index (Phi) is 4.52. The summed E-state index contributed by atoms with van der Waals surface area (Å²) in [6, 6.07) is 10.3. The maximum atomic E-state index is 12.4. The first-order chi connectivity index (χ1) is 11.6. The van der Waals surface area contributed by atoms with Crippen LogP contribution in [0, 0.1) is 0 Å². The van der Waals surface area contributed by atoms with E-state index in [1.165, 1.54) is 29.8 Å². The summed E-state index contributed by atoms with van der Waals surface area (Å²) in [5.74, 6) is 0.823. The Morgan fingerprint density at radius 2 is 2.17 bits per heavy atom. The Balaban J connectivity index is 1.90. The lowest BCUT2D eigenvalue weighted by Crippen LogP contribution is -2.23. The second kappa shape index (κ2) is 6.76. The lowest BCUT2D eigenvalue weighted by molar-refractivity contribution is -0.121. The van der Waals surface area contributed by atoms with E-state index in [0.29, 0.717) is 21.6 Å². The zero-order chi connectivity index (χ0) is 17.1. The fourth-order valence-electron chi connectivity index (χ4n) is 2.10. The smallest absolute Gasteiger partial charge is 0.266 e. The average molecular weight is 341 g/mol. The first-order valence-corrected chi connectivity index (χ1v) is 7.94. The third-order valence-corrected chi connectivity index (χ3v) is 4.42. The van der Waals surface area contributed by atoms with Crippen LogP contribution in [0.5, 0.6) is 11.5 Å². The largest absolute Gasteiger partial charge is 0.504 e. The van der Waals surface area contributed by atoms with Gasteiger partial charge in [-0.2, -0.15) is 0 Å². The van der Waals surface area contributed by atoms with Crippen molar-refractivity contribution in [3.63, 3.8) is 0 Å². The SMILES string of the molecule is COc1cc(/C=C2\S/C(=N/c3ccccn3)N(C)C2=O)ccc1O. The molecule has 1 aliphatic heterocycles. The van der Waals surface area contributed by atoms with E-state index in [0.717, 1.165) is 5.56 Å². The molecule has 1 aromatic heterocycles. The number of amidine groups is 1. The molecule has 2 aromatic rings. The lowest BCUT2D eigenvalue weighted by atomic mass is 10.2. The number of carbonyl (C=O) groups is 1. The van der Waals surface area contributed by atoms with E-state index in [-0.39, 0.29) is 11.7 Å². The molecule has 0 radical (unpaired) electrons. The van der Waals surface area contributed by atoms with Gasteiger partial charge in [0.05, 0.1) is 12.0 Å². The number of aromatic nitrogens is 1. The number of aliphatic imine (C=N–C) groups is 1. The molecule has 3 rings (SSSR count). The number of hydrogen-bond donors (Lipinski definition) is 1. The Morgan fingerprint density at radius 1 is 1.33 bits per heavy atom. The summed E-state index contributed by atoms with van der Waals surface area (Å²) < 4.78 is 5.08. The molecule has 0 spiro atoms. The number of phenolic OH excluding ortho intramolecular Hbond substituents is 1. The summed E-state index contributed by atoms with van der Waals surface area (Å²) in [6.45, 7) is 0. The second-order valence-corrected chi connectivity index (χ2v) is 6.00. The van der Waals surface area contributed by atoms with E-state index in [1.807, 2.05) is 12.1 Å². The molecule has 6 nitrogen and oxygen atoms in total. The van der Waals surface area contributed by atoms with Gasteiger partial charge in [0.25, 0.3) is 5.91 Å². The summed E-state index contributed by atoms with van der Waals surface area (Å²) in [7, 11) is 3.15.